The van der Waals surface area contributed by atoms with E-state index in [1.165, 1.54) is 0 Å². The molecule has 14 heavy (non-hydrogen) atoms. The normalized spacial score (nSPS) is 15.0. The minimum Gasteiger partial charge on any atom is -0.454 e. The molecule has 0 atom stereocenters. The number of nitrogens with two attached hydrogens (primary N) is 1. The van der Waals surface area contributed by atoms with E-state index in [4.69, 9.17) is 10.5 Å². The quantitative estimate of drug-likeness (QED) is 0.774. The summed E-state index contributed by atoms with van der Waals surface area (Å²) in [5.41, 5.74) is 5.65. The molecular formula is C11H12N2O. The molecule has 1 heterocycles. The molecule has 1 aliphatic rings. The third-order valence-electron chi connectivity index (χ3n) is 1.99. The average Bonchev–Trinajstić information content (AvgIpc) is 2.23. The third kappa shape index (κ3) is 1.93. The maximum atomic E-state index is 5.65. The van der Waals surface area contributed by atoms with Gasteiger partial charge in [-0.3, -0.25) is 0 Å². The van der Waals surface area contributed by atoms with Gasteiger partial charge in [-0.2, -0.15) is 0 Å². The Morgan fingerprint density at radius 2 is 2.29 bits per heavy atom. The first-order chi connectivity index (χ1) is 6.86. The Morgan fingerprint density at radius 3 is 3.00 bits per heavy atom. The van der Waals surface area contributed by atoms with E-state index in [0.717, 1.165) is 18.6 Å². The number of pyridine rings is 1. The number of allylic oxidation sites excluding steroid dienone is 3. The number of aromatic nitrogens is 1. The summed E-state index contributed by atoms with van der Waals surface area (Å²) < 4.78 is 5.57. The fraction of sp³-hybridized carbons (Fsp3) is 0.182. The van der Waals surface area contributed by atoms with Gasteiger partial charge in [0.2, 0.25) is 0 Å². The smallest absolute Gasteiger partial charge is 0.169 e. The largest absolute Gasteiger partial charge is 0.454 e. The second-order valence-corrected chi connectivity index (χ2v) is 3.08. The predicted octanol–water partition coefficient (Wildman–Crippen LogP) is 2.28. The highest BCUT2D eigenvalue weighted by molar-refractivity contribution is 5.46. The Balaban J connectivity index is 2.14. The lowest BCUT2D eigenvalue weighted by atomic mass is 10.2. The molecule has 0 fully saturated rings. The van der Waals surface area contributed by atoms with Crippen LogP contribution in [0.25, 0.3) is 0 Å². The van der Waals surface area contributed by atoms with E-state index in [1.54, 1.807) is 12.3 Å². The summed E-state index contributed by atoms with van der Waals surface area (Å²) >= 11 is 0. The Bertz CT molecular complexity index is 383. The summed E-state index contributed by atoms with van der Waals surface area (Å²) in [5.74, 6) is 1.88. The first kappa shape index (κ1) is 8.81. The van der Waals surface area contributed by atoms with Crippen LogP contribution in [-0.4, -0.2) is 4.98 Å². The van der Waals surface area contributed by atoms with Crippen molar-refractivity contribution in [2.45, 2.75) is 12.8 Å². The highest BCUT2D eigenvalue weighted by Gasteiger charge is 2.03. The van der Waals surface area contributed by atoms with Gasteiger partial charge in [0.05, 0.1) is 0 Å². The van der Waals surface area contributed by atoms with E-state index in [1.807, 2.05) is 18.2 Å². The van der Waals surface area contributed by atoms with Crippen molar-refractivity contribution in [3.8, 4) is 5.75 Å². The van der Waals surface area contributed by atoms with Crippen LogP contribution in [0.1, 0.15) is 12.8 Å². The molecule has 0 unspecified atom stereocenters. The van der Waals surface area contributed by atoms with Gasteiger partial charge in [0, 0.05) is 6.20 Å². The molecule has 0 amide bonds. The van der Waals surface area contributed by atoms with Gasteiger partial charge < -0.3 is 10.5 Å². The van der Waals surface area contributed by atoms with Crippen LogP contribution in [0.15, 0.2) is 42.3 Å². The molecule has 1 aromatic rings. The maximum Gasteiger partial charge on any atom is 0.169 e. The summed E-state index contributed by atoms with van der Waals surface area (Å²) in [6.45, 7) is 0. The number of ether oxygens (including phenoxy) is 1. The molecule has 0 spiro atoms. The van der Waals surface area contributed by atoms with Crippen molar-refractivity contribution >= 4 is 5.82 Å². The maximum absolute atomic E-state index is 5.65. The zero-order chi connectivity index (χ0) is 9.80. The lowest BCUT2D eigenvalue weighted by Gasteiger charge is -2.10. The summed E-state index contributed by atoms with van der Waals surface area (Å²) in [7, 11) is 0. The number of nitrogens with zero attached hydrogens (tertiary/aromatic N) is 1. The summed E-state index contributed by atoms with van der Waals surface area (Å²) in [4.78, 5) is 3.95. The van der Waals surface area contributed by atoms with Crippen LogP contribution in [0.5, 0.6) is 5.75 Å². The van der Waals surface area contributed by atoms with Crippen molar-refractivity contribution in [2.75, 3.05) is 5.73 Å². The minimum atomic E-state index is 0.423. The van der Waals surface area contributed by atoms with Gasteiger partial charge in [-0.15, -0.1) is 0 Å². The molecule has 0 saturated carbocycles. The van der Waals surface area contributed by atoms with Crippen LogP contribution in [0, 0.1) is 0 Å². The second kappa shape index (κ2) is 3.96. The summed E-state index contributed by atoms with van der Waals surface area (Å²) in [6.07, 6.45) is 9.83. The standard InChI is InChI=1S/C11H12N2O/c12-11-10(7-4-8-13-11)14-9-5-2-1-3-6-9/h2,4-8H,1,3H2,(H2,12,13). The summed E-state index contributed by atoms with van der Waals surface area (Å²) in [5, 5.41) is 0. The molecule has 2 N–H and O–H groups in total. The molecular weight excluding hydrogens is 176 g/mol. The molecule has 0 radical (unpaired) electrons. The topological polar surface area (TPSA) is 48.1 Å². The number of hydrogen-bond donors (Lipinski definition) is 1. The molecule has 1 aromatic heterocycles. The second-order valence-electron chi connectivity index (χ2n) is 3.08. The first-order valence-corrected chi connectivity index (χ1v) is 4.61. The van der Waals surface area contributed by atoms with Gasteiger partial charge in [-0.25, -0.2) is 4.98 Å². The lowest BCUT2D eigenvalue weighted by Crippen LogP contribution is -1.99. The number of hydrogen-bond acceptors (Lipinski definition) is 3. The van der Waals surface area contributed by atoms with Crippen LogP contribution < -0.4 is 10.5 Å². The van der Waals surface area contributed by atoms with Crippen LogP contribution in [0.2, 0.25) is 0 Å². The first-order valence-electron chi connectivity index (χ1n) is 4.61. The molecule has 3 nitrogen and oxygen atoms in total. The molecule has 0 aliphatic heterocycles. The van der Waals surface area contributed by atoms with E-state index in [9.17, 15) is 0 Å². The van der Waals surface area contributed by atoms with Gasteiger partial charge in [0.25, 0.3) is 0 Å². The average molecular weight is 188 g/mol. The lowest BCUT2D eigenvalue weighted by molar-refractivity contribution is 0.439. The molecule has 0 saturated heterocycles. The van der Waals surface area contributed by atoms with Gasteiger partial charge in [0.1, 0.15) is 5.76 Å². The van der Waals surface area contributed by atoms with Gasteiger partial charge in [0.15, 0.2) is 11.6 Å². The Labute approximate surface area is 82.9 Å². The summed E-state index contributed by atoms with van der Waals surface area (Å²) in [6, 6.07) is 3.62. The highest BCUT2D eigenvalue weighted by atomic mass is 16.5. The van der Waals surface area contributed by atoms with Crippen molar-refractivity contribution in [1.29, 1.82) is 0 Å². The SMILES string of the molecule is Nc1ncccc1OC1=CCCC=C1. The van der Waals surface area contributed by atoms with Crippen LogP contribution >= 0.6 is 0 Å². The molecule has 2 rings (SSSR count). The van der Waals surface area contributed by atoms with Crippen molar-refractivity contribution in [2.24, 2.45) is 0 Å². The third-order valence-corrected chi connectivity index (χ3v) is 1.99. The van der Waals surface area contributed by atoms with E-state index in [0.29, 0.717) is 11.6 Å². The zero-order valence-corrected chi connectivity index (χ0v) is 7.81. The monoisotopic (exact) mass is 188 g/mol. The van der Waals surface area contributed by atoms with Crippen LogP contribution in [0.3, 0.4) is 0 Å². The zero-order valence-electron chi connectivity index (χ0n) is 7.81. The van der Waals surface area contributed by atoms with Crippen LogP contribution in [0.4, 0.5) is 5.82 Å². The van der Waals surface area contributed by atoms with E-state index in [-0.39, 0.29) is 0 Å². The van der Waals surface area contributed by atoms with E-state index in [2.05, 4.69) is 11.1 Å². The fourth-order valence-corrected chi connectivity index (χ4v) is 1.28. The Kier molecular flexibility index (Phi) is 2.49. The van der Waals surface area contributed by atoms with Gasteiger partial charge >= 0.3 is 0 Å². The number of nitrogen functional groups attached to an aromatic ring is 1. The van der Waals surface area contributed by atoms with Gasteiger partial charge in [-0.1, -0.05) is 6.08 Å². The van der Waals surface area contributed by atoms with Crippen molar-refractivity contribution in [3.05, 3.63) is 42.3 Å². The van der Waals surface area contributed by atoms with Crippen LogP contribution in [-0.2, 0) is 0 Å². The molecule has 0 bridgehead atoms. The van der Waals surface area contributed by atoms with E-state index < -0.39 is 0 Å². The molecule has 72 valence electrons. The predicted molar refractivity (Wildman–Crippen MR) is 55.7 cm³/mol. The minimum absolute atomic E-state index is 0.423. The number of anilines is 1. The Morgan fingerprint density at radius 1 is 1.36 bits per heavy atom. The van der Waals surface area contributed by atoms with Crippen molar-refractivity contribution < 1.29 is 4.74 Å². The van der Waals surface area contributed by atoms with E-state index >= 15 is 0 Å². The van der Waals surface area contributed by atoms with Gasteiger partial charge in [-0.05, 0) is 37.1 Å². The molecule has 3 heteroatoms. The molecule has 0 aromatic carbocycles. The molecule has 1 aliphatic carbocycles. The van der Waals surface area contributed by atoms with Crippen molar-refractivity contribution in [1.82, 2.24) is 4.98 Å². The van der Waals surface area contributed by atoms with Crippen molar-refractivity contribution in [3.63, 3.8) is 0 Å². The Hall–Kier alpha value is -1.77. The fourth-order valence-electron chi connectivity index (χ4n) is 1.28. The highest BCUT2D eigenvalue weighted by Crippen LogP contribution is 2.21. The number of rotatable bonds is 2.